The Morgan fingerprint density at radius 1 is 1.32 bits per heavy atom. The minimum atomic E-state index is -0.105. The van der Waals surface area contributed by atoms with Crippen molar-refractivity contribution in [3.8, 4) is 0 Å². The van der Waals surface area contributed by atoms with Crippen molar-refractivity contribution in [3.63, 3.8) is 0 Å². The van der Waals surface area contributed by atoms with Crippen molar-refractivity contribution in [1.29, 1.82) is 0 Å². The molecule has 5 nitrogen and oxygen atoms in total. The molecule has 102 valence electrons. The molecular formula is C14H20N4O. The molecule has 1 amide bonds. The van der Waals surface area contributed by atoms with Crippen LogP contribution in [0.5, 0.6) is 0 Å². The zero-order valence-corrected chi connectivity index (χ0v) is 11.2. The highest BCUT2D eigenvalue weighted by molar-refractivity contribution is 5.91. The Bertz CT molecular complexity index is 464. The van der Waals surface area contributed by atoms with E-state index >= 15 is 0 Å². The standard InChI is InChI=1S/C14H20N4O/c1-17-7-9-18(10-8-17)16-14(19)6-5-12-3-2-4-13(15)11-12/h2-6,11H,7-10,15H2,1H3,(H,16,19)/b6-5+. The number of carbonyl (C=O) groups is 1. The first-order valence-corrected chi connectivity index (χ1v) is 6.41. The molecule has 0 saturated carbocycles. The number of likely N-dealkylation sites (N-methyl/N-ethyl adjacent to an activating group) is 1. The maximum atomic E-state index is 11.8. The number of hydrogen-bond acceptors (Lipinski definition) is 4. The molecule has 5 heteroatoms. The minimum absolute atomic E-state index is 0.105. The Balaban J connectivity index is 1.84. The number of nitrogens with zero attached hydrogens (tertiary/aromatic N) is 2. The van der Waals surface area contributed by atoms with Gasteiger partial charge >= 0.3 is 0 Å². The van der Waals surface area contributed by atoms with Gasteiger partial charge < -0.3 is 10.6 Å². The van der Waals surface area contributed by atoms with E-state index in [1.807, 2.05) is 29.3 Å². The van der Waals surface area contributed by atoms with Gasteiger partial charge in [0.2, 0.25) is 0 Å². The summed E-state index contributed by atoms with van der Waals surface area (Å²) in [6.45, 7) is 3.65. The molecule has 0 unspecified atom stereocenters. The molecule has 1 heterocycles. The molecular weight excluding hydrogens is 240 g/mol. The van der Waals surface area contributed by atoms with E-state index < -0.39 is 0 Å². The number of nitrogens with two attached hydrogens (primary N) is 1. The van der Waals surface area contributed by atoms with Gasteiger partial charge in [0.1, 0.15) is 0 Å². The van der Waals surface area contributed by atoms with Gasteiger partial charge in [0.05, 0.1) is 0 Å². The first-order chi connectivity index (χ1) is 9.13. The Morgan fingerprint density at radius 3 is 2.74 bits per heavy atom. The minimum Gasteiger partial charge on any atom is -0.399 e. The van der Waals surface area contributed by atoms with Crippen molar-refractivity contribution in [2.45, 2.75) is 0 Å². The molecule has 1 saturated heterocycles. The topological polar surface area (TPSA) is 61.6 Å². The molecule has 0 bridgehead atoms. The molecule has 3 N–H and O–H groups in total. The summed E-state index contributed by atoms with van der Waals surface area (Å²) in [5, 5.41) is 1.95. The monoisotopic (exact) mass is 260 g/mol. The zero-order valence-electron chi connectivity index (χ0n) is 11.2. The van der Waals surface area contributed by atoms with Crippen LogP contribution >= 0.6 is 0 Å². The molecule has 1 aliphatic heterocycles. The van der Waals surface area contributed by atoms with Crippen LogP contribution in [0.1, 0.15) is 5.56 Å². The molecule has 1 aliphatic rings. The quantitative estimate of drug-likeness (QED) is 0.616. The Hall–Kier alpha value is -1.85. The summed E-state index contributed by atoms with van der Waals surface area (Å²) < 4.78 is 0. The largest absolute Gasteiger partial charge is 0.399 e. The van der Waals surface area contributed by atoms with E-state index in [1.54, 1.807) is 6.08 Å². The van der Waals surface area contributed by atoms with E-state index in [0.717, 1.165) is 31.7 Å². The number of nitrogens with one attached hydrogen (secondary N) is 1. The lowest BCUT2D eigenvalue weighted by Crippen LogP contribution is -2.52. The predicted octanol–water partition coefficient (Wildman–Crippen LogP) is 0.561. The molecule has 0 atom stereocenters. The number of anilines is 1. The lowest BCUT2D eigenvalue weighted by Gasteiger charge is -2.31. The first kappa shape index (κ1) is 13.6. The van der Waals surface area contributed by atoms with E-state index in [1.165, 1.54) is 6.08 Å². The average Bonchev–Trinajstić information content (AvgIpc) is 2.39. The van der Waals surface area contributed by atoms with E-state index in [2.05, 4.69) is 17.4 Å². The van der Waals surface area contributed by atoms with Crippen molar-refractivity contribution < 1.29 is 4.79 Å². The molecule has 0 aromatic heterocycles. The van der Waals surface area contributed by atoms with Gasteiger partial charge in [-0.15, -0.1) is 0 Å². The fraction of sp³-hybridized carbons (Fsp3) is 0.357. The second-order valence-electron chi connectivity index (χ2n) is 4.77. The van der Waals surface area contributed by atoms with E-state index in [4.69, 9.17) is 5.73 Å². The number of piperazine rings is 1. The average molecular weight is 260 g/mol. The van der Waals surface area contributed by atoms with Gasteiger partial charge in [0, 0.05) is 37.9 Å². The third kappa shape index (κ3) is 4.39. The van der Waals surface area contributed by atoms with Gasteiger partial charge in [0.25, 0.3) is 5.91 Å². The molecule has 2 rings (SSSR count). The maximum Gasteiger partial charge on any atom is 0.258 e. The van der Waals surface area contributed by atoms with Crippen molar-refractivity contribution >= 4 is 17.7 Å². The lowest BCUT2D eigenvalue weighted by atomic mass is 10.2. The van der Waals surface area contributed by atoms with E-state index in [-0.39, 0.29) is 5.91 Å². The number of benzene rings is 1. The summed E-state index contributed by atoms with van der Waals surface area (Å²) in [6, 6.07) is 7.44. The maximum absolute atomic E-state index is 11.8. The molecule has 1 aromatic rings. The fourth-order valence-electron chi connectivity index (χ4n) is 1.95. The second kappa shape index (κ2) is 6.36. The SMILES string of the molecule is CN1CCN(NC(=O)/C=C/c2cccc(N)c2)CC1. The Kier molecular flexibility index (Phi) is 4.54. The highest BCUT2D eigenvalue weighted by Gasteiger charge is 2.14. The predicted molar refractivity (Wildman–Crippen MR) is 77.1 cm³/mol. The lowest BCUT2D eigenvalue weighted by molar-refractivity contribution is -0.121. The van der Waals surface area contributed by atoms with Crippen molar-refractivity contribution in [2.24, 2.45) is 0 Å². The first-order valence-electron chi connectivity index (χ1n) is 6.41. The van der Waals surface area contributed by atoms with Gasteiger partial charge in [-0.25, -0.2) is 5.01 Å². The normalized spacial score (nSPS) is 17.7. The number of nitrogen functional groups attached to an aromatic ring is 1. The van der Waals surface area contributed by atoms with Crippen LogP contribution in [0.3, 0.4) is 0 Å². The van der Waals surface area contributed by atoms with Crippen LogP contribution in [-0.4, -0.2) is 49.0 Å². The van der Waals surface area contributed by atoms with Crippen molar-refractivity contribution in [3.05, 3.63) is 35.9 Å². The molecule has 1 fully saturated rings. The van der Waals surface area contributed by atoms with Crippen molar-refractivity contribution in [1.82, 2.24) is 15.3 Å². The zero-order chi connectivity index (χ0) is 13.7. The number of hydrazine groups is 1. The van der Waals surface area contributed by atoms with E-state index in [0.29, 0.717) is 5.69 Å². The summed E-state index contributed by atoms with van der Waals surface area (Å²) in [4.78, 5) is 14.0. The van der Waals surface area contributed by atoms with Crippen LogP contribution < -0.4 is 11.2 Å². The van der Waals surface area contributed by atoms with Gasteiger partial charge in [0.15, 0.2) is 0 Å². The highest BCUT2D eigenvalue weighted by Crippen LogP contribution is 2.07. The molecule has 19 heavy (non-hydrogen) atoms. The highest BCUT2D eigenvalue weighted by atomic mass is 16.2. The number of rotatable bonds is 3. The number of hydrogen-bond donors (Lipinski definition) is 2. The van der Waals surface area contributed by atoms with Gasteiger partial charge in [-0.1, -0.05) is 12.1 Å². The smallest absolute Gasteiger partial charge is 0.258 e. The third-order valence-corrected chi connectivity index (χ3v) is 3.11. The number of carbonyl (C=O) groups excluding carboxylic acids is 1. The Morgan fingerprint density at radius 2 is 2.05 bits per heavy atom. The van der Waals surface area contributed by atoms with Crippen LogP contribution in [0.4, 0.5) is 5.69 Å². The van der Waals surface area contributed by atoms with Gasteiger partial charge in [-0.3, -0.25) is 10.2 Å². The Labute approximate surface area is 113 Å². The van der Waals surface area contributed by atoms with Crippen molar-refractivity contribution in [2.75, 3.05) is 39.0 Å². The second-order valence-corrected chi connectivity index (χ2v) is 4.77. The molecule has 0 aliphatic carbocycles. The molecule has 0 spiro atoms. The van der Waals surface area contributed by atoms with Gasteiger partial charge in [-0.2, -0.15) is 0 Å². The molecule has 0 radical (unpaired) electrons. The van der Waals surface area contributed by atoms with Crippen LogP contribution in [0.2, 0.25) is 0 Å². The fourth-order valence-corrected chi connectivity index (χ4v) is 1.95. The molecule has 1 aromatic carbocycles. The summed E-state index contributed by atoms with van der Waals surface area (Å²) in [6.07, 6.45) is 3.30. The summed E-state index contributed by atoms with van der Waals surface area (Å²) >= 11 is 0. The van der Waals surface area contributed by atoms with E-state index in [9.17, 15) is 4.79 Å². The van der Waals surface area contributed by atoms with Crippen LogP contribution in [-0.2, 0) is 4.79 Å². The summed E-state index contributed by atoms with van der Waals surface area (Å²) in [5.74, 6) is -0.105. The summed E-state index contributed by atoms with van der Waals surface area (Å²) in [5.41, 5.74) is 10.2. The number of amides is 1. The van der Waals surface area contributed by atoms with Crippen LogP contribution in [0.15, 0.2) is 30.3 Å². The van der Waals surface area contributed by atoms with Crippen LogP contribution in [0, 0.1) is 0 Å². The van der Waals surface area contributed by atoms with Crippen LogP contribution in [0.25, 0.3) is 6.08 Å². The van der Waals surface area contributed by atoms with Gasteiger partial charge in [-0.05, 0) is 30.8 Å². The third-order valence-electron chi connectivity index (χ3n) is 3.11. The summed E-state index contributed by atoms with van der Waals surface area (Å²) in [7, 11) is 2.08.